The van der Waals surface area contributed by atoms with Crippen molar-refractivity contribution in [1.82, 2.24) is 0 Å². The van der Waals surface area contributed by atoms with Crippen LogP contribution in [0.3, 0.4) is 0 Å². The zero-order valence-electron chi connectivity index (χ0n) is 12.9. The zero-order valence-corrected chi connectivity index (χ0v) is 14.5. The molecule has 0 atom stereocenters. The molecule has 0 radical (unpaired) electrons. The molecule has 0 aliphatic carbocycles. The van der Waals surface area contributed by atoms with Gasteiger partial charge in [0, 0.05) is 21.3 Å². The Bertz CT molecular complexity index is 837. The van der Waals surface area contributed by atoms with Gasteiger partial charge in [-0.25, -0.2) is 0 Å². The van der Waals surface area contributed by atoms with Gasteiger partial charge in [-0.1, -0.05) is 28.1 Å². The second-order valence-electron chi connectivity index (χ2n) is 5.40. The van der Waals surface area contributed by atoms with Gasteiger partial charge >= 0.3 is 0 Å². The Kier molecular flexibility index (Phi) is 4.35. The summed E-state index contributed by atoms with van der Waals surface area (Å²) in [5.74, 6) is 0.561. The number of hydrogen-bond acceptors (Lipinski definition) is 2. The first-order valence-corrected chi connectivity index (χ1v) is 8.06. The van der Waals surface area contributed by atoms with Gasteiger partial charge in [-0.2, -0.15) is 0 Å². The average Bonchev–Trinajstić information content (AvgIpc) is 2.73. The van der Waals surface area contributed by atoms with Gasteiger partial charge in [-0.15, -0.1) is 0 Å². The molecule has 0 fully saturated rings. The quantitative estimate of drug-likeness (QED) is 0.809. The highest BCUT2D eigenvalue weighted by molar-refractivity contribution is 9.10. The number of hydrogen-bond donors (Lipinski definition) is 1. The lowest BCUT2D eigenvalue weighted by atomic mass is 10.1. The molecule has 0 saturated heterocycles. The van der Waals surface area contributed by atoms with E-state index in [2.05, 4.69) is 21.2 Å². The van der Waals surface area contributed by atoms with E-state index in [1.54, 1.807) is 6.08 Å². The Hall–Kier alpha value is -2.33. The molecule has 2 aromatic carbocycles. The predicted molar refractivity (Wildman–Crippen MR) is 96.4 cm³/mol. The molecule has 0 aromatic heterocycles. The maximum absolute atomic E-state index is 12.6. The molecule has 0 bridgehead atoms. The molecule has 3 nitrogen and oxygen atoms in total. The summed E-state index contributed by atoms with van der Waals surface area (Å²) in [6.45, 7) is 4.02. The van der Waals surface area contributed by atoms with Crippen LogP contribution in [0.4, 0.5) is 5.69 Å². The molecular weight excluding hydrogens is 354 g/mol. The van der Waals surface area contributed by atoms with E-state index in [0.29, 0.717) is 5.57 Å². The zero-order chi connectivity index (χ0) is 16.4. The number of carbonyl (C=O) groups excluding carboxylic acids is 1. The van der Waals surface area contributed by atoms with Crippen molar-refractivity contribution in [3.05, 3.63) is 75.5 Å². The van der Waals surface area contributed by atoms with E-state index in [-0.39, 0.29) is 5.91 Å². The summed E-state index contributed by atoms with van der Waals surface area (Å²) >= 11 is 3.44. The Morgan fingerprint density at radius 1 is 1.17 bits per heavy atom. The number of aryl methyl sites for hydroxylation is 1. The highest BCUT2D eigenvalue weighted by Gasteiger charge is 2.13. The summed E-state index contributed by atoms with van der Waals surface area (Å²) in [6.07, 6.45) is 5.03. The number of nitrogens with one attached hydrogen (secondary N) is 1. The molecular formula is C19H16BrNO2. The Morgan fingerprint density at radius 3 is 2.83 bits per heavy atom. The molecule has 1 aliphatic heterocycles. The van der Waals surface area contributed by atoms with Gasteiger partial charge in [-0.05, 0) is 61.4 Å². The second kappa shape index (κ2) is 6.42. The molecule has 0 saturated carbocycles. The molecule has 1 heterocycles. The van der Waals surface area contributed by atoms with Crippen LogP contribution in [0.1, 0.15) is 16.7 Å². The number of rotatable bonds is 2. The smallest absolute Gasteiger partial charge is 0.255 e. The Morgan fingerprint density at radius 2 is 2.00 bits per heavy atom. The fourth-order valence-corrected chi connectivity index (χ4v) is 2.74. The fraction of sp³-hybridized carbons (Fsp3) is 0.105. The number of benzene rings is 2. The van der Waals surface area contributed by atoms with E-state index in [1.165, 1.54) is 6.26 Å². The lowest BCUT2D eigenvalue weighted by Gasteiger charge is -2.10. The van der Waals surface area contributed by atoms with Gasteiger partial charge < -0.3 is 10.1 Å². The second-order valence-corrected chi connectivity index (χ2v) is 6.32. The van der Waals surface area contributed by atoms with E-state index in [4.69, 9.17) is 4.74 Å². The monoisotopic (exact) mass is 369 g/mol. The van der Waals surface area contributed by atoms with Crippen LogP contribution >= 0.6 is 15.9 Å². The van der Waals surface area contributed by atoms with Crippen LogP contribution in [0.15, 0.2) is 58.8 Å². The summed E-state index contributed by atoms with van der Waals surface area (Å²) in [6, 6.07) is 11.6. The van der Waals surface area contributed by atoms with Crippen LogP contribution < -0.4 is 10.1 Å². The molecule has 4 heteroatoms. The van der Waals surface area contributed by atoms with Gasteiger partial charge in [0.05, 0.1) is 6.26 Å². The molecule has 2 aromatic rings. The third-order valence-corrected chi connectivity index (χ3v) is 4.33. The van der Waals surface area contributed by atoms with Crippen LogP contribution in [0.2, 0.25) is 0 Å². The highest BCUT2D eigenvalue weighted by Crippen LogP contribution is 2.28. The van der Waals surface area contributed by atoms with Crippen molar-refractivity contribution in [3.8, 4) is 5.75 Å². The van der Waals surface area contributed by atoms with Crippen LogP contribution in [0.5, 0.6) is 5.75 Å². The lowest BCUT2D eigenvalue weighted by molar-refractivity contribution is -0.112. The highest BCUT2D eigenvalue weighted by atomic mass is 79.9. The number of anilines is 1. The standard InChI is InChI=1S/C19H16BrNO2/c1-12-4-3-5-17(13(12)2)21-19(22)14-8-9-23-18-7-6-16(20)11-15(18)10-14/h3-11H,1-2H3,(H,21,22). The molecule has 116 valence electrons. The van der Waals surface area contributed by atoms with Crippen molar-refractivity contribution in [3.63, 3.8) is 0 Å². The van der Waals surface area contributed by atoms with Gasteiger partial charge in [-0.3, -0.25) is 4.79 Å². The Labute approximate surface area is 143 Å². The maximum atomic E-state index is 12.6. The summed E-state index contributed by atoms with van der Waals surface area (Å²) in [5, 5.41) is 2.97. The van der Waals surface area contributed by atoms with Crippen molar-refractivity contribution in [2.24, 2.45) is 0 Å². The molecule has 1 aliphatic rings. The van der Waals surface area contributed by atoms with Crippen LogP contribution in [0.25, 0.3) is 6.08 Å². The van der Waals surface area contributed by atoms with E-state index in [1.807, 2.05) is 56.3 Å². The number of halogens is 1. The molecule has 1 N–H and O–H groups in total. The van der Waals surface area contributed by atoms with E-state index in [9.17, 15) is 4.79 Å². The van der Waals surface area contributed by atoms with Gasteiger partial charge in [0.2, 0.25) is 0 Å². The van der Waals surface area contributed by atoms with Crippen molar-refractivity contribution in [2.75, 3.05) is 5.32 Å². The van der Waals surface area contributed by atoms with Crippen molar-refractivity contribution >= 4 is 33.6 Å². The van der Waals surface area contributed by atoms with Crippen molar-refractivity contribution in [2.45, 2.75) is 13.8 Å². The number of ether oxygens (including phenoxy) is 1. The third-order valence-electron chi connectivity index (χ3n) is 3.84. The first-order chi connectivity index (χ1) is 11.0. The van der Waals surface area contributed by atoms with Gasteiger partial charge in [0.15, 0.2) is 0 Å². The maximum Gasteiger partial charge on any atom is 0.255 e. The summed E-state index contributed by atoms with van der Waals surface area (Å²) < 4.78 is 6.48. The average molecular weight is 370 g/mol. The molecule has 1 amide bonds. The molecule has 0 unspecified atom stereocenters. The van der Waals surface area contributed by atoms with Gasteiger partial charge in [0.25, 0.3) is 5.91 Å². The minimum atomic E-state index is -0.161. The number of carbonyl (C=O) groups is 1. The van der Waals surface area contributed by atoms with Crippen molar-refractivity contribution in [1.29, 1.82) is 0 Å². The van der Waals surface area contributed by atoms with Crippen LogP contribution in [0, 0.1) is 13.8 Å². The summed E-state index contributed by atoms with van der Waals surface area (Å²) in [7, 11) is 0. The molecule has 23 heavy (non-hydrogen) atoms. The topological polar surface area (TPSA) is 38.3 Å². The summed E-state index contributed by atoms with van der Waals surface area (Å²) in [4.78, 5) is 12.6. The van der Waals surface area contributed by atoms with Gasteiger partial charge in [0.1, 0.15) is 5.75 Å². The van der Waals surface area contributed by atoms with E-state index in [0.717, 1.165) is 32.6 Å². The minimum absolute atomic E-state index is 0.161. The lowest BCUT2D eigenvalue weighted by Crippen LogP contribution is -2.14. The third kappa shape index (κ3) is 3.37. The summed E-state index contributed by atoms with van der Waals surface area (Å²) in [5.41, 5.74) is 4.44. The largest absolute Gasteiger partial charge is 0.464 e. The Balaban J connectivity index is 1.91. The van der Waals surface area contributed by atoms with Crippen LogP contribution in [-0.2, 0) is 4.79 Å². The van der Waals surface area contributed by atoms with Crippen molar-refractivity contribution < 1.29 is 9.53 Å². The normalized spacial score (nSPS) is 12.7. The molecule has 0 spiro atoms. The van der Waals surface area contributed by atoms with Crippen LogP contribution in [-0.4, -0.2) is 5.91 Å². The van der Waals surface area contributed by atoms with E-state index < -0.39 is 0 Å². The first kappa shape index (κ1) is 15.6. The van der Waals surface area contributed by atoms with E-state index >= 15 is 0 Å². The predicted octanol–water partition coefficient (Wildman–Crippen LogP) is 4.99. The SMILES string of the molecule is Cc1cccc(NC(=O)C2=Cc3cc(Br)ccc3OC=C2)c1C. The first-order valence-electron chi connectivity index (χ1n) is 7.26. The fourth-order valence-electron chi connectivity index (χ4n) is 2.36. The minimum Gasteiger partial charge on any atom is -0.464 e. The molecule has 3 rings (SSSR count). The number of fused-ring (bicyclic) bond motifs is 1. The number of amides is 1.